The minimum atomic E-state index is -1.40. The average molecular weight is 1840 g/mol. The van der Waals surface area contributed by atoms with Crippen molar-refractivity contribution < 1.29 is 210 Å². The quantitative estimate of drug-likeness (QED) is 0.0286. The summed E-state index contributed by atoms with van der Waals surface area (Å²) in [4.78, 5) is 256. The van der Waals surface area contributed by atoms with Crippen LogP contribution >= 0.6 is 0 Å². The van der Waals surface area contributed by atoms with Crippen LogP contribution < -0.4 is 0 Å². The highest BCUT2D eigenvalue weighted by Gasteiger charge is 2.40. The summed E-state index contributed by atoms with van der Waals surface area (Å²) in [5.74, 6) is -20.8. The van der Waals surface area contributed by atoms with Gasteiger partial charge in [0.25, 0.3) is 0 Å². The predicted molar refractivity (Wildman–Crippen MR) is 446 cm³/mol. The number of rotatable bonds is 26. The van der Waals surface area contributed by atoms with Gasteiger partial charge in [0, 0.05) is 6.42 Å². The van der Waals surface area contributed by atoms with Crippen LogP contribution in [0.3, 0.4) is 0 Å². The Kier molecular flexibility index (Phi) is 55.5. The standard InChI is InChI=1S/2C18H16O8.C14H14O8.C12H12O6.C11H16O8.C9H14O6.4CH4/c1-23-15(19)9-5-11-12(13(7-9)17(21)25-3)6-10(16(20)24-2)8-14(11)18(22)26-4;1-23-15(19)11-5-9-7-13(17(21)25-3)14(18(22)26-4)8-10(9)6-12(11)16(20)24-2;1-19-11(15)7-5-9(13(17)21-3)10(14(18)22-4)6-8(7)12(16)20-2;1-16-10(13)7-4-8(11(14)17-2)6-9(5-7)12(15)18-3;1-16-8(12)6(9(13)17-2)5-7(10(14)18-3)11(15)19-4;1-13-7(10)5-4-6(8(11)14-2)9(12)15-3;;;;/h2*5-8H,1-4H3;5-6H,1-4H3;4-6H,1-3H3;6-7H,5H2,1-4H3;6H,4-5H2,1-3H3;4*1H4. The lowest BCUT2D eigenvalue weighted by Crippen LogP contribution is -2.35. The van der Waals surface area contributed by atoms with Crippen molar-refractivity contribution in [3.63, 3.8) is 0 Å². The Labute approximate surface area is 745 Å². The van der Waals surface area contributed by atoms with Gasteiger partial charge in [-0.2, -0.15) is 0 Å². The van der Waals surface area contributed by atoms with Crippen LogP contribution in [-0.4, -0.2) is 288 Å². The Morgan fingerprint density at radius 1 is 0.185 bits per heavy atom. The summed E-state index contributed by atoms with van der Waals surface area (Å²) < 4.78 is 100. The molecule has 0 amide bonds. The van der Waals surface area contributed by atoms with Crippen LogP contribution in [0.1, 0.15) is 204 Å². The van der Waals surface area contributed by atoms with Gasteiger partial charge in [-0.05, 0) is 113 Å². The molecule has 0 saturated carbocycles. The smallest absolute Gasteiger partial charge is 0.338 e. The molecule has 6 aromatic carbocycles. The lowest BCUT2D eigenvalue weighted by molar-refractivity contribution is -0.165. The second-order valence-electron chi connectivity index (χ2n) is 23.5. The van der Waals surface area contributed by atoms with Gasteiger partial charge in [-0.15, -0.1) is 0 Å². The Morgan fingerprint density at radius 2 is 0.354 bits per heavy atom. The van der Waals surface area contributed by atoms with Crippen LogP contribution in [0, 0.1) is 17.8 Å². The molecule has 44 heteroatoms. The van der Waals surface area contributed by atoms with Gasteiger partial charge in [0.2, 0.25) is 0 Å². The summed E-state index contributed by atoms with van der Waals surface area (Å²) in [6, 6.07) is 16.7. The molecule has 0 aliphatic carbocycles. The van der Waals surface area contributed by atoms with Gasteiger partial charge in [0.15, 0.2) is 17.8 Å². The Bertz CT molecular complexity index is 4630. The number of methoxy groups -OCH3 is 22. The number of carbonyl (C=O) groups excluding carboxylic acids is 22. The van der Waals surface area contributed by atoms with Crippen LogP contribution in [0.5, 0.6) is 0 Å². The van der Waals surface area contributed by atoms with Crippen molar-refractivity contribution in [3.8, 4) is 0 Å². The maximum absolute atomic E-state index is 12.2. The molecule has 0 fully saturated rings. The van der Waals surface area contributed by atoms with Crippen LogP contribution in [0.2, 0.25) is 0 Å². The first-order valence-corrected chi connectivity index (χ1v) is 35.0. The Balaban J connectivity index is -0.000000736. The normalized spacial score (nSPS) is 9.58. The molecule has 0 aliphatic rings. The molecular formula is C86H104O44. The molecule has 0 heterocycles. The molecule has 0 N–H and O–H groups in total. The van der Waals surface area contributed by atoms with Crippen molar-refractivity contribution in [2.45, 2.75) is 49.0 Å². The second-order valence-corrected chi connectivity index (χ2v) is 23.5. The number of carbonyl (C=O) groups is 22. The Hall–Kier alpha value is -15.8. The molecule has 712 valence electrons. The number of ether oxygens (including phenoxy) is 22. The summed E-state index contributed by atoms with van der Waals surface area (Å²) >= 11 is 0. The minimum Gasteiger partial charge on any atom is -0.469 e. The third kappa shape index (κ3) is 32.9. The summed E-state index contributed by atoms with van der Waals surface area (Å²) in [6.07, 6.45) is -0.462. The van der Waals surface area contributed by atoms with Gasteiger partial charge in [0.1, 0.15) is 0 Å². The molecule has 130 heavy (non-hydrogen) atoms. The molecule has 0 bridgehead atoms. The largest absolute Gasteiger partial charge is 0.469 e. The van der Waals surface area contributed by atoms with E-state index in [0.717, 1.165) is 83.2 Å². The highest BCUT2D eigenvalue weighted by molar-refractivity contribution is 6.17. The number of hydrogen-bond acceptors (Lipinski definition) is 44. The van der Waals surface area contributed by atoms with Crippen molar-refractivity contribution in [3.05, 3.63) is 162 Å². The van der Waals surface area contributed by atoms with E-state index in [1.807, 2.05) is 0 Å². The molecule has 0 saturated heterocycles. The zero-order valence-corrected chi connectivity index (χ0v) is 71.8. The molecule has 0 unspecified atom stereocenters. The molecule has 0 radical (unpaired) electrons. The van der Waals surface area contributed by atoms with Crippen LogP contribution in [-0.2, 0) is 138 Å². The maximum Gasteiger partial charge on any atom is 0.338 e. The predicted octanol–water partition coefficient (Wildman–Crippen LogP) is 7.60. The molecular weight excluding hydrogens is 1740 g/mol. The van der Waals surface area contributed by atoms with Crippen molar-refractivity contribution in [1.82, 2.24) is 0 Å². The SMILES string of the molecule is C.C.C.C.COC(=O)C(CC(C(=O)OC)C(=O)OC)C(=O)OC.COC(=O)CCC(C(=O)OC)C(=O)OC.COC(=O)c1cc(C(=O)OC)c(C(=O)OC)cc1C(=O)OC.COC(=O)c1cc(C(=O)OC)c2cc(C(=O)OC)cc(C(=O)OC)c2c1.COC(=O)c1cc(C(=O)OC)cc(C(=O)OC)c1.COC(=O)c1cc2cc(C(=O)OC)c(C(=O)OC)cc2cc1C(=O)OC. The fourth-order valence-corrected chi connectivity index (χ4v) is 10.4. The molecule has 6 aromatic rings. The van der Waals surface area contributed by atoms with E-state index < -0.39 is 155 Å². The monoisotopic (exact) mass is 1840 g/mol. The van der Waals surface area contributed by atoms with E-state index in [2.05, 4.69) is 94.7 Å². The molecule has 0 aliphatic heterocycles. The molecule has 0 spiro atoms. The van der Waals surface area contributed by atoms with Gasteiger partial charge < -0.3 is 104 Å². The summed E-state index contributed by atoms with van der Waals surface area (Å²) in [6.45, 7) is 0. The van der Waals surface area contributed by atoms with E-state index in [9.17, 15) is 105 Å². The minimum absolute atomic E-state index is 0. The van der Waals surface area contributed by atoms with E-state index in [1.54, 1.807) is 0 Å². The van der Waals surface area contributed by atoms with E-state index in [4.69, 9.17) is 9.47 Å². The molecule has 44 nitrogen and oxygen atoms in total. The van der Waals surface area contributed by atoms with Crippen LogP contribution in [0.15, 0.2) is 78.9 Å². The van der Waals surface area contributed by atoms with Gasteiger partial charge in [-0.25, -0.2) is 71.9 Å². The highest BCUT2D eigenvalue weighted by Crippen LogP contribution is 2.31. The summed E-state index contributed by atoms with van der Waals surface area (Å²) in [5, 5.41) is 1.30. The highest BCUT2D eigenvalue weighted by atomic mass is 16.6. The van der Waals surface area contributed by atoms with Crippen molar-refractivity contribution in [1.29, 1.82) is 0 Å². The first-order valence-electron chi connectivity index (χ1n) is 35.0. The van der Waals surface area contributed by atoms with Gasteiger partial charge in [-0.3, -0.25) is 33.6 Å². The van der Waals surface area contributed by atoms with Crippen LogP contribution in [0.4, 0.5) is 0 Å². The third-order valence-corrected chi connectivity index (χ3v) is 16.7. The molecule has 0 aromatic heterocycles. The first-order chi connectivity index (χ1) is 59.7. The molecule has 6 rings (SSSR count). The van der Waals surface area contributed by atoms with Gasteiger partial charge >= 0.3 is 131 Å². The van der Waals surface area contributed by atoms with E-state index in [1.165, 1.54) is 152 Å². The van der Waals surface area contributed by atoms with Crippen molar-refractivity contribution >= 4 is 153 Å². The van der Waals surface area contributed by atoms with E-state index in [-0.39, 0.29) is 137 Å². The first kappa shape index (κ1) is 120. The van der Waals surface area contributed by atoms with Crippen molar-refractivity contribution in [2.24, 2.45) is 17.8 Å². The van der Waals surface area contributed by atoms with Gasteiger partial charge in [-0.1, -0.05) is 29.7 Å². The lowest BCUT2D eigenvalue weighted by Gasteiger charge is -2.17. The number of fused-ring (bicyclic) bond motifs is 2. The number of hydrogen-bond donors (Lipinski definition) is 0. The summed E-state index contributed by atoms with van der Waals surface area (Å²) in [7, 11) is 25.3. The number of esters is 22. The summed E-state index contributed by atoms with van der Waals surface area (Å²) in [5.41, 5.74) is -0.809. The fourth-order valence-electron chi connectivity index (χ4n) is 10.4. The second kappa shape index (κ2) is 59.9. The third-order valence-electron chi connectivity index (χ3n) is 16.7. The lowest BCUT2D eigenvalue weighted by atomic mass is 9.94. The Morgan fingerprint density at radius 3 is 0.531 bits per heavy atom. The van der Waals surface area contributed by atoms with E-state index in [0.29, 0.717) is 10.8 Å². The fraction of sp³-hybridized carbons (Fsp3) is 0.372. The van der Waals surface area contributed by atoms with E-state index >= 15 is 0 Å². The van der Waals surface area contributed by atoms with Crippen LogP contribution in [0.25, 0.3) is 21.5 Å². The van der Waals surface area contributed by atoms with Gasteiger partial charge in [0.05, 0.1) is 240 Å². The van der Waals surface area contributed by atoms with Crippen molar-refractivity contribution in [2.75, 3.05) is 156 Å². The average Bonchev–Trinajstić information content (AvgIpc) is 0.772. The zero-order valence-electron chi connectivity index (χ0n) is 71.8. The topological polar surface area (TPSA) is 579 Å². The maximum atomic E-state index is 12.2. The number of benzene rings is 6. The molecule has 0 atom stereocenters. The zero-order chi connectivity index (χ0) is 96.3.